The highest BCUT2D eigenvalue weighted by atomic mass is 32.2. The maximum Gasteiger partial charge on any atom is 0.337 e. The third-order valence-electron chi connectivity index (χ3n) is 3.07. The molecule has 1 aromatic carbocycles. The lowest BCUT2D eigenvalue weighted by molar-refractivity contribution is 0.0600. The van der Waals surface area contributed by atoms with Crippen molar-refractivity contribution in [2.45, 2.75) is 23.3 Å². The molecule has 0 heterocycles. The summed E-state index contributed by atoms with van der Waals surface area (Å²) >= 11 is 0. The van der Waals surface area contributed by atoms with Crippen LogP contribution >= 0.6 is 0 Å². The smallest absolute Gasteiger partial charge is 0.337 e. The molecule has 0 radical (unpaired) electrons. The van der Waals surface area contributed by atoms with E-state index in [1.807, 2.05) is 0 Å². The highest BCUT2D eigenvalue weighted by Crippen LogP contribution is 2.36. The Bertz CT molecular complexity index is 592. The van der Waals surface area contributed by atoms with Gasteiger partial charge in [0.05, 0.1) is 29.7 Å². The van der Waals surface area contributed by atoms with Crippen LogP contribution in [-0.2, 0) is 14.8 Å². The molecular formula is C12H15NO5S. The van der Waals surface area contributed by atoms with Crippen LogP contribution < -0.4 is 4.72 Å². The number of hydrogen-bond donors (Lipinski definition) is 2. The number of hydrogen-bond acceptors (Lipinski definition) is 5. The lowest BCUT2D eigenvalue weighted by Crippen LogP contribution is -2.39. The Morgan fingerprint density at radius 3 is 2.68 bits per heavy atom. The predicted molar refractivity (Wildman–Crippen MR) is 67.2 cm³/mol. The Labute approximate surface area is 111 Å². The highest BCUT2D eigenvalue weighted by Gasteiger charge is 2.45. The number of esters is 1. The standard InChI is InChI=1S/C12H15NO5S/c1-18-11(15)9-3-2-4-10(7-9)19(16,17)13-12(8-14)5-6-12/h2-4,7,13-14H,5-6,8H2,1H3. The summed E-state index contributed by atoms with van der Waals surface area (Å²) in [5, 5.41) is 9.15. The maximum atomic E-state index is 12.1. The van der Waals surface area contributed by atoms with E-state index in [-0.39, 0.29) is 17.1 Å². The molecule has 6 nitrogen and oxygen atoms in total. The summed E-state index contributed by atoms with van der Waals surface area (Å²) in [5.41, 5.74) is -0.570. The van der Waals surface area contributed by atoms with Crippen molar-refractivity contribution in [2.75, 3.05) is 13.7 Å². The van der Waals surface area contributed by atoms with Crippen LogP contribution in [0.4, 0.5) is 0 Å². The van der Waals surface area contributed by atoms with E-state index in [2.05, 4.69) is 9.46 Å². The third-order valence-corrected chi connectivity index (χ3v) is 4.65. The van der Waals surface area contributed by atoms with Crippen LogP contribution in [-0.4, -0.2) is 38.7 Å². The van der Waals surface area contributed by atoms with Crippen LogP contribution in [0, 0.1) is 0 Å². The van der Waals surface area contributed by atoms with Crippen LogP contribution in [0.15, 0.2) is 29.2 Å². The van der Waals surface area contributed by atoms with Crippen molar-refractivity contribution < 1.29 is 23.1 Å². The minimum atomic E-state index is -3.75. The molecule has 1 aliphatic carbocycles. The Balaban J connectivity index is 2.28. The van der Waals surface area contributed by atoms with Gasteiger partial charge in [0.25, 0.3) is 0 Å². The van der Waals surface area contributed by atoms with Gasteiger partial charge in [-0.15, -0.1) is 0 Å². The Morgan fingerprint density at radius 2 is 2.16 bits per heavy atom. The normalized spacial score (nSPS) is 16.9. The van der Waals surface area contributed by atoms with E-state index in [4.69, 9.17) is 5.11 Å². The van der Waals surface area contributed by atoms with Gasteiger partial charge in [-0.1, -0.05) is 6.07 Å². The van der Waals surface area contributed by atoms with Gasteiger partial charge in [-0.2, -0.15) is 0 Å². The molecule has 1 saturated carbocycles. The van der Waals surface area contributed by atoms with Crippen LogP contribution in [0.5, 0.6) is 0 Å². The van der Waals surface area contributed by atoms with Crippen molar-refractivity contribution in [1.82, 2.24) is 4.72 Å². The molecule has 0 spiro atoms. The summed E-state index contributed by atoms with van der Waals surface area (Å²) < 4.78 is 31.3. The van der Waals surface area contributed by atoms with Gasteiger partial charge in [0.15, 0.2) is 0 Å². The van der Waals surface area contributed by atoms with Crippen molar-refractivity contribution >= 4 is 16.0 Å². The summed E-state index contributed by atoms with van der Waals surface area (Å²) in [6, 6.07) is 5.59. The van der Waals surface area contributed by atoms with Gasteiger partial charge in [0.2, 0.25) is 10.0 Å². The number of aliphatic hydroxyl groups excluding tert-OH is 1. The van der Waals surface area contributed by atoms with Gasteiger partial charge in [0, 0.05) is 0 Å². The summed E-state index contributed by atoms with van der Waals surface area (Å²) in [6.07, 6.45) is 1.22. The van der Waals surface area contributed by atoms with Gasteiger partial charge in [-0.05, 0) is 31.0 Å². The molecule has 0 bridgehead atoms. The number of sulfonamides is 1. The number of nitrogens with one attached hydrogen (secondary N) is 1. The molecule has 0 amide bonds. The quantitative estimate of drug-likeness (QED) is 0.758. The average Bonchev–Trinajstić information content (AvgIpc) is 3.17. The first kappa shape index (κ1) is 14.0. The zero-order valence-corrected chi connectivity index (χ0v) is 11.2. The van der Waals surface area contributed by atoms with Crippen LogP contribution in [0.25, 0.3) is 0 Å². The van der Waals surface area contributed by atoms with Crippen molar-refractivity contribution in [3.63, 3.8) is 0 Å². The molecule has 0 atom stereocenters. The van der Waals surface area contributed by atoms with Gasteiger partial charge in [-0.3, -0.25) is 0 Å². The van der Waals surface area contributed by atoms with Crippen LogP contribution in [0.2, 0.25) is 0 Å². The fourth-order valence-electron chi connectivity index (χ4n) is 1.70. The molecule has 19 heavy (non-hydrogen) atoms. The van der Waals surface area contributed by atoms with Gasteiger partial charge >= 0.3 is 5.97 Å². The first-order valence-corrected chi connectivity index (χ1v) is 7.24. The molecule has 2 N–H and O–H groups in total. The molecule has 2 rings (SSSR count). The summed E-state index contributed by atoms with van der Waals surface area (Å²) in [4.78, 5) is 11.4. The monoisotopic (exact) mass is 285 g/mol. The van der Waals surface area contributed by atoms with E-state index in [9.17, 15) is 13.2 Å². The predicted octanol–water partition coefficient (Wildman–Crippen LogP) is 0.276. The molecule has 1 fully saturated rings. The van der Waals surface area contributed by atoms with E-state index < -0.39 is 21.5 Å². The largest absolute Gasteiger partial charge is 0.465 e. The molecule has 0 saturated heterocycles. The minimum absolute atomic E-state index is 0.0184. The SMILES string of the molecule is COC(=O)c1cccc(S(=O)(=O)NC2(CO)CC2)c1. The van der Waals surface area contributed by atoms with Crippen molar-refractivity contribution in [1.29, 1.82) is 0 Å². The van der Waals surface area contributed by atoms with E-state index in [0.29, 0.717) is 12.8 Å². The summed E-state index contributed by atoms with van der Waals surface area (Å²) in [7, 11) is -2.52. The number of aliphatic hydroxyl groups is 1. The number of ether oxygens (including phenoxy) is 1. The second kappa shape index (κ2) is 4.92. The maximum absolute atomic E-state index is 12.1. The number of methoxy groups -OCH3 is 1. The number of carbonyl (C=O) groups is 1. The molecule has 0 aliphatic heterocycles. The molecular weight excluding hydrogens is 270 g/mol. The molecule has 7 heteroatoms. The fraction of sp³-hybridized carbons (Fsp3) is 0.417. The zero-order chi connectivity index (χ0) is 14.1. The first-order valence-electron chi connectivity index (χ1n) is 5.76. The van der Waals surface area contributed by atoms with Crippen LogP contribution in [0.1, 0.15) is 23.2 Å². The zero-order valence-electron chi connectivity index (χ0n) is 10.4. The minimum Gasteiger partial charge on any atom is -0.465 e. The Hall–Kier alpha value is -1.44. The van der Waals surface area contributed by atoms with E-state index >= 15 is 0 Å². The average molecular weight is 285 g/mol. The molecule has 0 unspecified atom stereocenters. The molecule has 0 aromatic heterocycles. The lowest BCUT2D eigenvalue weighted by atomic mass is 10.2. The fourth-order valence-corrected chi connectivity index (χ4v) is 3.19. The second-order valence-electron chi connectivity index (χ2n) is 4.56. The molecule has 104 valence electrons. The first-order chi connectivity index (χ1) is 8.92. The number of rotatable bonds is 5. The van der Waals surface area contributed by atoms with Gasteiger partial charge < -0.3 is 9.84 Å². The van der Waals surface area contributed by atoms with Crippen molar-refractivity contribution in [3.8, 4) is 0 Å². The Morgan fingerprint density at radius 1 is 1.47 bits per heavy atom. The van der Waals surface area contributed by atoms with E-state index in [1.54, 1.807) is 0 Å². The van der Waals surface area contributed by atoms with E-state index in [1.165, 1.54) is 31.4 Å². The highest BCUT2D eigenvalue weighted by molar-refractivity contribution is 7.89. The van der Waals surface area contributed by atoms with Gasteiger partial charge in [-0.25, -0.2) is 17.9 Å². The topological polar surface area (TPSA) is 92.7 Å². The third kappa shape index (κ3) is 2.94. The summed E-state index contributed by atoms with van der Waals surface area (Å²) in [6.45, 7) is -0.233. The van der Waals surface area contributed by atoms with E-state index in [0.717, 1.165) is 0 Å². The van der Waals surface area contributed by atoms with Crippen LogP contribution in [0.3, 0.4) is 0 Å². The Kier molecular flexibility index (Phi) is 3.62. The van der Waals surface area contributed by atoms with Gasteiger partial charge in [0.1, 0.15) is 0 Å². The van der Waals surface area contributed by atoms with Crippen molar-refractivity contribution in [3.05, 3.63) is 29.8 Å². The number of benzene rings is 1. The summed E-state index contributed by atoms with van der Waals surface area (Å²) in [5.74, 6) is -0.597. The lowest BCUT2D eigenvalue weighted by Gasteiger charge is -2.14. The van der Waals surface area contributed by atoms with Crippen molar-refractivity contribution in [2.24, 2.45) is 0 Å². The molecule has 1 aliphatic rings. The second-order valence-corrected chi connectivity index (χ2v) is 6.25. The number of carbonyl (C=O) groups excluding carboxylic acids is 1. The molecule has 1 aromatic rings.